The first kappa shape index (κ1) is 96.1. The van der Waals surface area contributed by atoms with E-state index in [0.29, 0.717) is 31.6 Å². The lowest BCUT2D eigenvalue weighted by Crippen LogP contribution is -2.30. The topological polar surface area (TPSA) is 237 Å². The molecule has 0 fully saturated rings. The molecule has 0 aliphatic rings. The van der Waals surface area contributed by atoms with Crippen molar-refractivity contribution >= 4 is 39.5 Å². The molecule has 0 aromatic rings. The summed E-state index contributed by atoms with van der Waals surface area (Å²) in [6.45, 7) is 9.55. The Bertz CT molecular complexity index is 1890. The van der Waals surface area contributed by atoms with Crippen LogP contribution in [0.2, 0.25) is 0 Å². The predicted octanol–water partition coefficient (Wildman–Crippen LogP) is 23.5. The molecule has 3 N–H and O–H groups in total. The van der Waals surface area contributed by atoms with Crippen LogP contribution in [0, 0.1) is 11.8 Å². The summed E-state index contributed by atoms with van der Waals surface area (Å²) < 4.78 is 68.6. The van der Waals surface area contributed by atoms with Crippen LogP contribution in [0.15, 0.2) is 0 Å². The number of aliphatic hydroxyl groups is 1. The van der Waals surface area contributed by atoms with Crippen molar-refractivity contribution in [2.45, 2.75) is 432 Å². The molecule has 0 aromatic carbocycles. The number of aliphatic hydroxyl groups excluding tert-OH is 1. The van der Waals surface area contributed by atoms with Gasteiger partial charge in [-0.05, 0) is 37.5 Å². The van der Waals surface area contributed by atoms with Crippen molar-refractivity contribution in [1.29, 1.82) is 0 Å². The van der Waals surface area contributed by atoms with Crippen LogP contribution in [0.4, 0.5) is 0 Å². The normalized spacial score (nSPS) is 13.9. The minimum absolute atomic E-state index is 0.107. The Kier molecular flexibility index (Phi) is 69.3. The highest BCUT2D eigenvalue weighted by atomic mass is 31.2. The maximum Gasteiger partial charge on any atom is 0.472 e. The third-order valence-electron chi connectivity index (χ3n) is 18.5. The second-order valence-corrected chi connectivity index (χ2v) is 32.3. The Labute approximate surface area is 600 Å². The molecule has 98 heavy (non-hydrogen) atoms. The summed E-state index contributed by atoms with van der Waals surface area (Å²) in [5.74, 6) is -0.652. The molecule has 0 saturated heterocycles. The highest BCUT2D eigenvalue weighted by Gasteiger charge is 2.30. The van der Waals surface area contributed by atoms with Gasteiger partial charge in [-0.1, -0.05) is 363 Å². The van der Waals surface area contributed by atoms with Gasteiger partial charge in [-0.25, -0.2) is 9.13 Å². The minimum atomic E-state index is -4.96. The zero-order chi connectivity index (χ0) is 72.1. The number of carbonyl (C=O) groups is 4. The summed E-state index contributed by atoms with van der Waals surface area (Å²) in [5.41, 5.74) is 0. The largest absolute Gasteiger partial charge is 0.472 e. The molecule has 0 bridgehead atoms. The fourth-order valence-electron chi connectivity index (χ4n) is 12.2. The number of phosphoric ester groups is 2. The maximum absolute atomic E-state index is 13.1. The predicted molar refractivity (Wildman–Crippen MR) is 400 cm³/mol. The molecular formula is C79H154O17P2. The zero-order valence-electron chi connectivity index (χ0n) is 64.1. The van der Waals surface area contributed by atoms with Gasteiger partial charge in [0.15, 0.2) is 12.2 Å². The van der Waals surface area contributed by atoms with Gasteiger partial charge < -0.3 is 33.8 Å². The number of hydrogen-bond acceptors (Lipinski definition) is 15. The highest BCUT2D eigenvalue weighted by molar-refractivity contribution is 7.47. The summed E-state index contributed by atoms with van der Waals surface area (Å²) >= 11 is 0. The molecule has 0 radical (unpaired) electrons. The van der Waals surface area contributed by atoms with Crippen LogP contribution in [0.5, 0.6) is 0 Å². The number of phosphoric acid groups is 2. The first-order valence-corrected chi connectivity index (χ1v) is 44.0. The number of hydrogen-bond donors (Lipinski definition) is 3. The van der Waals surface area contributed by atoms with Crippen LogP contribution in [-0.4, -0.2) is 96.7 Å². The molecule has 17 nitrogen and oxygen atoms in total. The van der Waals surface area contributed by atoms with Gasteiger partial charge in [-0.15, -0.1) is 0 Å². The van der Waals surface area contributed by atoms with E-state index < -0.39 is 97.5 Å². The maximum atomic E-state index is 13.1. The minimum Gasteiger partial charge on any atom is -0.462 e. The molecule has 0 heterocycles. The Balaban J connectivity index is 5.20. The third-order valence-corrected chi connectivity index (χ3v) is 20.4. The Morgan fingerprint density at radius 1 is 0.276 bits per heavy atom. The van der Waals surface area contributed by atoms with E-state index in [1.165, 1.54) is 225 Å². The van der Waals surface area contributed by atoms with Crippen molar-refractivity contribution in [3.63, 3.8) is 0 Å². The molecule has 582 valence electrons. The standard InChI is InChI=1S/C79H154O17P2/c1-7-9-11-13-15-17-19-21-22-23-24-25-26-27-28-30-36-40-44-52-58-64-78(83)95-74(67-89-76(81)61-55-49-42-38-34-32-31-33-37-41-47-53-59-71(3)4)69-93-97(85,86)91-65-73(80)66-92-98(87,88)94-70-75(68-90-77(82)62-56-50-46-45-48-54-60-72(5)6)96-79(84)63-57-51-43-39-35-29-20-18-16-14-12-10-8-2/h71-75,80H,7-70H2,1-6H3,(H,85,86)(H,87,88)/t73-,74-,75-/m1/s1. The number of carbonyl (C=O) groups excluding carboxylic acids is 4. The van der Waals surface area contributed by atoms with E-state index >= 15 is 0 Å². The van der Waals surface area contributed by atoms with E-state index in [0.717, 1.165) is 102 Å². The van der Waals surface area contributed by atoms with Crippen LogP contribution < -0.4 is 0 Å². The number of esters is 4. The molecule has 0 aliphatic heterocycles. The fourth-order valence-corrected chi connectivity index (χ4v) is 13.8. The highest BCUT2D eigenvalue weighted by Crippen LogP contribution is 2.45. The summed E-state index contributed by atoms with van der Waals surface area (Å²) in [4.78, 5) is 72.9. The smallest absolute Gasteiger partial charge is 0.462 e. The summed E-state index contributed by atoms with van der Waals surface area (Å²) in [7, 11) is -9.91. The van der Waals surface area contributed by atoms with Crippen molar-refractivity contribution in [1.82, 2.24) is 0 Å². The van der Waals surface area contributed by atoms with Crippen LogP contribution in [0.1, 0.15) is 414 Å². The van der Waals surface area contributed by atoms with Crippen molar-refractivity contribution < 1.29 is 80.2 Å². The molecule has 0 aliphatic carbocycles. The van der Waals surface area contributed by atoms with Gasteiger partial charge in [0.05, 0.1) is 26.4 Å². The van der Waals surface area contributed by atoms with Crippen LogP contribution in [0.3, 0.4) is 0 Å². The van der Waals surface area contributed by atoms with E-state index in [9.17, 15) is 43.2 Å². The molecule has 19 heteroatoms. The molecule has 0 spiro atoms. The lowest BCUT2D eigenvalue weighted by Gasteiger charge is -2.21. The Morgan fingerprint density at radius 3 is 0.694 bits per heavy atom. The summed E-state index contributed by atoms with van der Waals surface area (Å²) in [6.07, 6.45) is 59.9. The van der Waals surface area contributed by atoms with Crippen molar-refractivity contribution in [2.75, 3.05) is 39.6 Å². The molecule has 0 aromatic heterocycles. The zero-order valence-corrected chi connectivity index (χ0v) is 65.9. The fraction of sp³-hybridized carbons (Fsp3) is 0.949. The lowest BCUT2D eigenvalue weighted by molar-refractivity contribution is -0.161. The number of unbranched alkanes of at least 4 members (excludes halogenated alkanes) is 48. The first-order valence-electron chi connectivity index (χ1n) is 41.0. The molecular weight excluding hydrogens is 1280 g/mol. The van der Waals surface area contributed by atoms with Crippen molar-refractivity contribution in [2.24, 2.45) is 11.8 Å². The quantitative estimate of drug-likeness (QED) is 0.0222. The van der Waals surface area contributed by atoms with Gasteiger partial charge in [0, 0.05) is 25.7 Å². The summed E-state index contributed by atoms with van der Waals surface area (Å²) in [6, 6.07) is 0. The molecule has 0 amide bonds. The van der Waals surface area contributed by atoms with Gasteiger partial charge in [0.1, 0.15) is 19.3 Å². The third kappa shape index (κ3) is 72.4. The SMILES string of the molecule is CCCCCCCCCCCCCCCCCCCCCCCC(=O)O[C@H](COC(=O)CCCCCCCCCCCCCCC(C)C)COP(=O)(O)OC[C@@H](O)COP(=O)(O)OC[C@@H](COC(=O)CCCCCCCCC(C)C)OC(=O)CCCCCCCCCCCCCCC. The van der Waals surface area contributed by atoms with Gasteiger partial charge in [0.25, 0.3) is 0 Å². The molecule has 0 saturated carbocycles. The van der Waals surface area contributed by atoms with Crippen LogP contribution in [0.25, 0.3) is 0 Å². The Hall–Kier alpha value is -1.94. The number of rotatable bonds is 78. The van der Waals surface area contributed by atoms with E-state index in [1.54, 1.807) is 0 Å². The van der Waals surface area contributed by atoms with Crippen LogP contribution >= 0.6 is 15.6 Å². The van der Waals surface area contributed by atoms with Gasteiger partial charge in [0.2, 0.25) is 0 Å². The monoisotopic (exact) mass is 1440 g/mol. The second kappa shape index (κ2) is 70.7. The van der Waals surface area contributed by atoms with Crippen LogP contribution in [-0.2, 0) is 65.4 Å². The second-order valence-electron chi connectivity index (χ2n) is 29.4. The summed E-state index contributed by atoms with van der Waals surface area (Å²) in [5, 5.41) is 10.6. The molecule has 5 atom stereocenters. The van der Waals surface area contributed by atoms with E-state index in [-0.39, 0.29) is 25.7 Å². The lowest BCUT2D eigenvalue weighted by atomic mass is 10.0. The average molecular weight is 1440 g/mol. The van der Waals surface area contributed by atoms with Crippen molar-refractivity contribution in [3.05, 3.63) is 0 Å². The van der Waals surface area contributed by atoms with E-state index in [4.69, 9.17) is 37.0 Å². The first-order chi connectivity index (χ1) is 47.4. The van der Waals surface area contributed by atoms with Gasteiger partial charge in [-0.2, -0.15) is 0 Å². The van der Waals surface area contributed by atoms with Gasteiger partial charge >= 0.3 is 39.5 Å². The van der Waals surface area contributed by atoms with E-state index in [1.807, 2.05) is 0 Å². The average Bonchev–Trinajstić information content (AvgIpc) is 1.05. The molecule has 2 unspecified atom stereocenters. The van der Waals surface area contributed by atoms with E-state index in [2.05, 4.69) is 41.5 Å². The number of ether oxygens (including phenoxy) is 4. The Morgan fingerprint density at radius 2 is 0.469 bits per heavy atom. The van der Waals surface area contributed by atoms with Crippen molar-refractivity contribution in [3.8, 4) is 0 Å². The molecule has 0 rings (SSSR count). The van der Waals surface area contributed by atoms with Gasteiger partial charge in [-0.3, -0.25) is 37.3 Å².